The topological polar surface area (TPSA) is 49.8 Å². The van der Waals surface area contributed by atoms with Crippen molar-refractivity contribution in [2.75, 3.05) is 0 Å². The summed E-state index contributed by atoms with van der Waals surface area (Å²) in [5.74, 6) is 0.194. The van der Waals surface area contributed by atoms with E-state index in [0.717, 1.165) is 0 Å². The fourth-order valence-corrected chi connectivity index (χ4v) is 0.239. The average molecular weight is 93.1 g/mol. The summed E-state index contributed by atoms with van der Waals surface area (Å²) >= 11 is 0. The first-order valence-electron chi connectivity index (χ1n) is 1.65. The van der Waals surface area contributed by atoms with Crippen LogP contribution in [0.15, 0.2) is 10.6 Å². The molecule has 0 aliphatic rings. The Bertz CT molecular complexity index is 172. The van der Waals surface area contributed by atoms with Crippen molar-refractivity contribution in [2.45, 2.75) is 0 Å². The first-order valence-corrected chi connectivity index (χ1v) is 1.65. The van der Waals surface area contributed by atoms with Gasteiger partial charge in [0.05, 0.1) is 6.20 Å². The van der Waals surface area contributed by atoms with Crippen molar-refractivity contribution in [1.82, 2.24) is 4.98 Å². The summed E-state index contributed by atoms with van der Waals surface area (Å²) in [6, 6.07) is 1.75. The average Bonchev–Trinajstić information content (AvgIpc) is 2.14. The number of hydrogen-bond acceptors (Lipinski definition) is 3. The molecule has 33 valence electrons. The van der Waals surface area contributed by atoms with Gasteiger partial charge in [0.25, 0.3) is 6.39 Å². The van der Waals surface area contributed by atoms with Crippen molar-refractivity contribution in [2.24, 2.45) is 0 Å². The zero-order valence-electron chi connectivity index (χ0n) is 3.38. The highest BCUT2D eigenvalue weighted by molar-refractivity contribution is 5.09. The van der Waals surface area contributed by atoms with Gasteiger partial charge in [0.15, 0.2) is 0 Å². The molecular formula is C4HN2O. The van der Waals surface area contributed by atoms with Crippen LogP contribution in [-0.4, -0.2) is 4.98 Å². The second-order valence-electron chi connectivity index (χ2n) is 0.928. The maximum absolute atomic E-state index is 8.02. The van der Waals surface area contributed by atoms with Crippen LogP contribution in [0.4, 0.5) is 0 Å². The van der Waals surface area contributed by atoms with Crippen molar-refractivity contribution in [3.8, 4) is 6.07 Å². The Labute approximate surface area is 40.2 Å². The zero-order valence-corrected chi connectivity index (χ0v) is 3.38. The molecule has 1 aromatic heterocycles. The van der Waals surface area contributed by atoms with Gasteiger partial charge in [-0.15, -0.1) is 0 Å². The Balaban J connectivity index is 3.04. The molecule has 0 bridgehead atoms. The summed E-state index contributed by atoms with van der Waals surface area (Å²) in [6.45, 7) is 0. The Hall–Kier alpha value is -1.30. The lowest BCUT2D eigenvalue weighted by Crippen LogP contribution is -1.56. The first kappa shape index (κ1) is 3.88. The lowest BCUT2D eigenvalue weighted by molar-refractivity contribution is 0.534. The van der Waals surface area contributed by atoms with Crippen LogP contribution in [0.3, 0.4) is 0 Å². The minimum absolute atomic E-state index is 0.194. The van der Waals surface area contributed by atoms with Crippen molar-refractivity contribution < 1.29 is 4.42 Å². The van der Waals surface area contributed by atoms with Gasteiger partial charge in [0.1, 0.15) is 6.07 Å². The van der Waals surface area contributed by atoms with Gasteiger partial charge in [-0.05, 0) is 0 Å². The van der Waals surface area contributed by atoms with Crippen LogP contribution in [-0.2, 0) is 0 Å². The number of hydrogen-bond donors (Lipinski definition) is 0. The van der Waals surface area contributed by atoms with E-state index in [2.05, 4.69) is 15.8 Å². The number of aromatic nitrogens is 1. The predicted octanol–water partition coefficient (Wildman–Crippen LogP) is 0.346. The van der Waals surface area contributed by atoms with E-state index in [-0.39, 0.29) is 5.76 Å². The molecule has 0 saturated heterocycles. The highest BCUT2D eigenvalue weighted by Gasteiger charge is 1.87. The summed E-state index contributed by atoms with van der Waals surface area (Å²) in [5, 5.41) is 8.02. The maximum atomic E-state index is 8.02. The summed E-state index contributed by atoms with van der Waals surface area (Å²) in [7, 11) is 0. The van der Waals surface area contributed by atoms with Gasteiger partial charge in [-0.3, -0.25) is 0 Å². The van der Waals surface area contributed by atoms with Gasteiger partial charge in [0.2, 0.25) is 5.76 Å². The van der Waals surface area contributed by atoms with Crippen LogP contribution in [0.2, 0.25) is 0 Å². The Morgan fingerprint density at radius 3 is 3.14 bits per heavy atom. The standard InChI is InChI=1S/C4HN2O/c5-1-4-2-6-3-7-4/h2H. The Kier molecular flexibility index (Phi) is 0.794. The van der Waals surface area contributed by atoms with Crippen LogP contribution in [0.25, 0.3) is 0 Å². The lowest BCUT2D eigenvalue weighted by Gasteiger charge is -1.62. The molecule has 7 heavy (non-hydrogen) atoms. The van der Waals surface area contributed by atoms with Gasteiger partial charge in [0, 0.05) is 0 Å². The molecule has 1 heterocycles. The molecular weight excluding hydrogens is 92.1 g/mol. The van der Waals surface area contributed by atoms with Gasteiger partial charge in [-0.1, -0.05) is 0 Å². The van der Waals surface area contributed by atoms with Crippen LogP contribution < -0.4 is 0 Å². The largest absolute Gasteiger partial charge is 0.422 e. The van der Waals surface area contributed by atoms with Gasteiger partial charge < -0.3 is 4.42 Å². The molecule has 0 spiro atoms. The van der Waals surface area contributed by atoms with E-state index in [4.69, 9.17) is 5.26 Å². The van der Waals surface area contributed by atoms with E-state index in [1.807, 2.05) is 0 Å². The molecule has 0 fully saturated rings. The quantitative estimate of drug-likeness (QED) is 0.465. The highest BCUT2D eigenvalue weighted by Crippen LogP contribution is 1.88. The molecule has 0 aromatic carbocycles. The minimum atomic E-state index is 0.194. The molecule has 0 saturated carbocycles. The van der Waals surface area contributed by atoms with E-state index in [9.17, 15) is 0 Å². The molecule has 0 aliphatic heterocycles. The van der Waals surface area contributed by atoms with E-state index >= 15 is 0 Å². The van der Waals surface area contributed by atoms with Crippen LogP contribution in [0.1, 0.15) is 5.76 Å². The Morgan fingerprint density at radius 2 is 2.86 bits per heavy atom. The number of rotatable bonds is 0. The third-order valence-electron chi connectivity index (χ3n) is 0.500. The second-order valence-corrected chi connectivity index (χ2v) is 0.928. The number of nitriles is 1. The van der Waals surface area contributed by atoms with E-state index in [1.54, 1.807) is 6.07 Å². The smallest absolute Gasteiger partial charge is 0.284 e. The molecule has 1 radical (unpaired) electrons. The molecule has 3 nitrogen and oxygen atoms in total. The van der Waals surface area contributed by atoms with Gasteiger partial charge in [-0.2, -0.15) is 5.26 Å². The van der Waals surface area contributed by atoms with Crippen molar-refractivity contribution in [3.63, 3.8) is 0 Å². The number of nitrogens with zero attached hydrogens (tertiary/aromatic N) is 2. The molecule has 3 heteroatoms. The highest BCUT2D eigenvalue weighted by atomic mass is 16.3. The Morgan fingerprint density at radius 1 is 2.00 bits per heavy atom. The fourth-order valence-electron chi connectivity index (χ4n) is 0.239. The molecule has 0 unspecified atom stereocenters. The predicted molar refractivity (Wildman–Crippen MR) is 20.1 cm³/mol. The molecule has 1 aromatic rings. The first-order chi connectivity index (χ1) is 3.43. The summed E-state index contributed by atoms with van der Waals surface area (Å²) in [6.07, 6.45) is 3.44. The van der Waals surface area contributed by atoms with Crippen LogP contribution in [0.5, 0.6) is 0 Å². The normalized spacial score (nSPS) is 7.86. The van der Waals surface area contributed by atoms with E-state index in [1.165, 1.54) is 6.20 Å². The third kappa shape index (κ3) is 0.578. The molecule has 1 rings (SSSR count). The number of oxazole rings is 1. The molecule has 0 aliphatic carbocycles. The minimum Gasteiger partial charge on any atom is -0.422 e. The zero-order chi connectivity index (χ0) is 5.11. The van der Waals surface area contributed by atoms with Gasteiger partial charge >= 0.3 is 0 Å². The fraction of sp³-hybridized carbons (Fsp3) is 0. The van der Waals surface area contributed by atoms with E-state index < -0.39 is 0 Å². The second kappa shape index (κ2) is 1.43. The van der Waals surface area contributed by atoms with Crippen LogP contribution in [0, 0.1) is 17.7 Å². The third-order valence-corrected chi connectivity index (χ3v) is 0.500. The molecule has 0 N–H and O–H groups in total. The van der Waals surface area contributed by atoms with Crippen LogP contribution >= 0.6 is 0 Å². The van der Waals surface area contributed by atoms with E-state index in [0.29, 0.717) is 0 Å². The maximum Gasteiger partial charge on any atom is 0.284 e. The molecule has 0 atom stereocenters. The summed E-state index contributed by atoms with van der Waals surface area (Å²) in [4.78, 5) is 3.38. The summed E-state index contributed by atoms with van der Waals surface area (Å²) in [5.41, 5.74) is 0. The van der Waals surface area contributed by atoms with Crippen molar-refractivity contribution >= 4 is 0 Å². The van der Waals surface area contributed by atoms with Crippen molar-refractivity contribution in [1.29, 1.82) is 5.26 Å². The SMILES string of the molecule is N#Cc1cn[c]o1. The monoisotopic (exact) mass is 93.0 g/mol. The molecule has 0 amide bonds. The van der Waals surface area contributed by atoms with Gasteiger partial charge in [-0.25, -0.2) is 4.98 Å². The van der Waals surface area contributed by atoms with Crippen molar-refractivity contribution in [3.05, 3.63) is 18.4 Å². The summed E-state index contributed by atoms with van der Waals surface area (Å²) < 4.78 is 4.39. The lowest BCUT2D eigenvalue weighted by atomic mass is 10.6.